The Labute approximate surface area is 246 Å². The number of hydrogen-bond donors (Lipinski definition) is 1. The maximum absolute atomic E-state index is 14.8. The number of phenolic OH excluding ortho intramolecular Hbond substituents is 1. The lowest BCUT2D eigenvalue weighted by atomic mass is 9.47. The molecule has 4 atom stereocenters. The summed E-state index contributed by atoms with van der Waals surface area (Å²) in [4.78, 5) is 56.0. The third-order valence-electron chi connectivity index (χ3n) is 9.37. The summed E-state index contributed by atoms with van der Waals surface area (Å²) in [5.41, 5.74) is 0.660. The third kappa shape index (κ3) is 3.64. The minimum absolute atomic E-state index is 0.109. The van der Waals surface area contributed by atoms with Gasteiger partial charge in [-0.15, -0.1) is 0 Å². The largest absolute Gasteiger partial charge is 0.504 e. The van der Waals surface area contributed by atoms with E-state index in [0.717, 1.165) is 10.1 Å². The van der Waals surface area contributed by atoms with Crippen molar-refractivity contribution in [1.29, 1.82) is 0 Å². The number of carbonyl (C=O) groups excluding carboxylic acids is 2. The number of methoxy groups -OCH3 is 1. The molecule has 0 spiro atoms. The van der Waals surface area contributed by atoms with Crippen molar-refractivity contribution in [2.24, 2.45) is 13.0 Å². The van der Waals surface area contributed by atoms with Gasteiger partial charge in [0.05, 0.1) is 25.1 Å². The zero-order chi connectivity index (χ0) is 30.0. The van der Waals surface area contributed by atoms with Crippen LogP contribution in [0.2, 0.25) is 0 Å². The summed E-state index contributed by atoms with van der Waals surface area (Å²) in [7, 11) is 2.89. The van der Waals surface area contributed by atoms with Crippen LogP contribution in [-0.4, -0.2) is 37.7 Å². The van der Waals surface area contributed by atoms with Crippen LogP contribution in [0, 0.1) is 5.92 Å². The van der Waals surface area contributed by atoms with Gasteiger partial charge in [0.2, 0.25) is 0 Å². The molecule has 0 amide bonds. The molecule has 4 aromatic rings. The van der Waals surface area contributed by atoms with Crippen molar-refractivity contribution in [3.63, 3.8) is 0 Å². The molecule has 9 nitrogen and oxygen atoms in total. The van der Waals surface area contributed by atoms with E-state index in [2.05, 4.69) is 0 Å². The molecule has 1 fully saturated rings. The van der Waals surface area contributed by atoms with Gasteiger partial charge in [-0.3, -0.25) is 9.59 Å². The zero-order valence-electron chi connectivity index (χ0n) is 23.6. The number of fused-ring (bicyclic) bond motifs is 4. The quantitative estimate of drug-likeness (QED) is 0.373. The van der Waals surface area contributed by atoms with Gasteiger partial charge in [-0.2, -0.15) is 0 Å². The first-order valence-electron chi connectivity index (χ1n) is 14.2. The van der Waals surface area contributed by atoms with Gasteiger partial charge < -0.3 is 9.84 Å². The van der Waals surface area contributed by atoms with Gasteiger partial charge in [0, 0.05) is 24.5 Å². The molecule has 0 unspecified atom stereocenters. The van der Waals surface area contributed by atoms with Crippen LogP contribution in [0.15, 0.2) is 106 Å². The fourth-order valence-corrected chi connectivity index (χ4v) is 7.51. The number of allylic oxidation sites excluding steroid dienone is 4. The van der Waals surface area contributed by atoms with Crippen molar-refractivity contribution >= 4 is 17.1 Å². The minimum Gasteiger partial charge on any atom is -0.504 e. The van der Waals surface area contributed by atoms with Gasteiger partial charge in [-0.25, -0.2) is 23.5 Å². The van der Waals surface area contributed by atoms with Gasteiger partial charge in [0.1, 0.15) is 0 Å². The molecule has 9 heteroatoms. The molecule has 7 rings (SSSR count). The van der Waals surface area contributed by atoms with Crippen LogP contribution in [0.25, 0.3) is 5.57 Å². The molecule has 1 saturated carbocycles. The number of ketones is 2. The SMILES string of the molecule is COc1ccc([C@H]2C3=CCn4c(=O)n(C)c(=O)n4[C@@H]3C[C@H]3C(=O)C(c4ccccc4)=CC(=O)[C@@]23c2ccccc2)cc1O. The Balaban J connectivity index is 1.56. The van der Waals surface area contributed by atoms with Crippen molar-refractivity contribution in [2.45, 2.75) is 30.3 Å². The Bertz CT molecular complexity index is 1980. The van der Waals surface area contributed by atoms with E-state index in [1.165, 1.54) is 29.6 Å². The van der Waals surface area contributed by atoms with Gasteiger partial charge in [0.15, 0.2) is 23.1 Å². The Morgan fingerprint density at radius 1 is 0.907 bits per heavy atom. The van der Waals surface area contributed by atoms with Crippen LogP contribution in [0.1, 0.15) is 35.1 Å². The molecule has 43 heavy (non-hydrogen) atoms. The van der Waals surface area contributed by atoms with Crippen LogP contribution < -0.4 is 16.1 Å². The Kier molecular flexibility index (Phi) is 6.02. The average molecular weight is 576 g/mol. The lowest BCUT2D eigenvalue weighted by Crippen LogP contribution is -2.58. The predicted octanol–water partition coefficient (Wildman–Crippen LogP) is 3.52. The lowest BCUT2D eigenvalue weighted by molar-refractivity contribution is -0.133. The molecule has 0 saturated heterocycles. The molecule has 0 bridgehead atoms. The van der Waals surface area contributed by atoms with Crippen molar-refractivity contribution in [3.05, 3.63) is 134 Å². The number of carbonyl (C=O) groups is 2. The third-order valence-corrected chi connectivity index (χ3v) is 9.37. The van der Waals surface area contributed by atoms with Crippen LogP contribution in [0.3, 0.4) is 0 Å². The van der Waals surface area contributed by atoms with E-state index in [1.54, 1.807) is 30.3 Å². The van der Waals surface area contributed by atoms with Crippen molar-refractivity contribution < 1.29 is 19.4 Å². The molecule has 0 radical (unpaired) electrons. The number of aromatic nitrogens is 3. The predicted molar refractivity (Wildman–Crippen MR) is 159 cm³/mol. The smallest absolute Gasteiger partial charge is 0.347 e. The summed E-state index contributed by atoms with van der Waals surface area (Å²) in [5.74, 6) is -1.90. The number of phenols is 1. The topological polar surface area (TPSA) is 113 Å². The Morgan fingerprint density at radius 3 is 2.28 bits per heavy atom. The zero-order valence-corrected chi connectivity index (χ0v) is 23.6. The van der Waals surface area contributed by atoms with Crippen LogP contribution >= 0.6 is 0 Å². The van der Waals surface area contributed by atoms with Gasteiger partial charge in [-0.1, -0.05) is 72.8 Å². The number of hydrogen-bond acceptors (Lipinski definition) is 6. The van der Waals surface area contributed by atoms with Crippen LogP contribution in [-0.2, 0) is 28.6 Å². The highest BCUT2D eigenvalue weighted by molar-refractivity contribution is 6.31. The monoisotopic (exact) mass is 575 g/mol. The summed E-state index contributed by atoms with van der Waals surface area (Å²) >= 11 is 0. The van der Waals surface area contributed by atoms with E-state index < -0.39 is 34.7 Å². The number of rotatable bonds is 4. The lowest BCUT2D eigenvalue weighted by Gasteiger charge is -2.54. The first-order valence-corrected chi connectivity index (χ1v) is 14.2. The van der Waals surface area contributed by atoms with Crippen molar-refractivity contribution in [3.8, 4) is 11.5 Å². The molecular weight excluding hydrogens is 546 g/mol. The second kappa shape index (κ2) is 9.69. The van der Waals surface area contributed by atoms with Crippen molar-refractivity contribution in [2.75, 3.05) is 7.11 Å². The highest BCUT2D eigenvalue weighted by Gasteiger charge is 2.63. The van der Waals surface area contributed by atoms with E-state index in [-0.39, 0.29) is 36.0 Å². The second-order valence-corrected chi connectivity index (χ2v) is 11.3. The van der Waals surface area contributed by atoms with E-state index >= 15 is 0 Å². The molecule has 216 valence electrons. The summed E-state index contributed by atoms with van der Waals surface area (Å²) in [6.07, 6.45) is 3.50. The molecule has 3 aromatic carbocycles. The maximum atomic E-state index is 14.8. The molecule has 1 aliphatic heterocycles. The van der Waals surface area contributed by atoms with E-state index in [4.69, 9.17) is 4.74 Å². The normalized spacial score (nSPS) is 24.4. The number of Topliss-reactive ketones (excluding diaryl/α,β-unsaturated/α-hetero) is 1. The summed E-state index contributed by atoms with van der Waals surface area (Å²) in [5, 5.41) is 10.9. The molecular formula is C34H29N3O6. The number of benzene rings is 3. The maximum Gasteiger partial charge on any atom is 0.347 e. The van der Waals surface area contributed by atoms with Gasteiger partial charge in [0.25, 0.3) is 0 Å². The summed E-state index contributed by atoms with van der Waals surface area (Å²) in [6, 6.07) is 22.7. The molecule has 1 aromatic heterocycles. The number of aromatic hydroxyl groups is 1. The Hall–Kier alpha value is -5.18. The molecule has 3 aliphatic rings. The first-order chi connectivity index (χ1) is 20.8. The van der Waals surface area contributed by atoms with E-state index in [1.807, 2.05) is 54.6 Å². The Morgan fingerprint density at radius 2 is 1.60 bits per heavy atom. The van der Waals surface area contributed by atoms with Gasteiger partial charge >= 0.3 is 11.4 Å². The van der Waals surface area contributed by atoms with E-state index in [0.29, 0.717) is 22.3 Å². The molecule has 2 aliphatic carbocycles. The first kappa shape index (κ1) is 26.7. The minimum atomic E-state index is -1.37. The highest BCUT2D eigenvalue weighted by atomic mass is 16.5. The number of ether oxygens (including phenoxy) is 1. The van der Waals surface area contributed by atoms with E-state index in [9.17, 15) is 24.3 Å². The fraction of sp³-hybridized carbons (Fsp3) is 0.235. The fourth-order valence-electron chi connectivity index (χ4n) is 7.51. The number of nitrogens with zero attached hydrogens (tertiary/aromatic N) is 3. The summed E-state index contributed by atoms with van der Waals surface area (Å²) in [6.45, 7) is 0.127. The highest BCUT2D eigenvalue weighted by Crippen LogP contribution is 2.61. The second-order valence-electron chi connectivity index (χ2n) is 11.3. The standard InChI is InChI=1S/C34H29N3O6/c1-35-32(41)36-16-15-23-26(37(36)33(35)42)19-25-31(40)24(20-9-5-3-6-10-20)18-29(39)34(25,22-11-7-4-8-12-22)30(23)21-13-14-28(43-2)27(38)17-21/h3-15,17-18,25-26,30,38H,16,19H2,1-2H3/t25-,26+,30-,34-/m0/s1. The summed E-state index contributed by atoms with van der Waals surface area (Å²) < 4.78 is 9.19. The molecule has 1 N–H and O–H groups in total. The van der Waals surface area contributed by atoms with Crippen LogP contribution in [0.5, 0.6) is 11.5 Å². The average Bonchev–Trinajstić information content (AvgIpc) is 3.26. The molecule has 2 heterocycles. The van der Waals surface area contributed by atoms with Crippen LogP contribution in [0.4, 0.5) is 0 Å². The van der Waals surface area contributed by atoms with Gasteiger partial charge in [-0.05, 0) is 46.9 Å². The van der Waals surface area contributed by atoms with Crippen molar-refractivity contribution in [1.82, 2.24) is 13.9 Å².